The van der Waals surface area contributed by atoms with Crippen LogP contribution in [-0.4, -0.2) is 23.0 Å². The Morgan fingerprint density at radius 2 is 1.77 bits per heavy atom. The summed E-state index contributed by atoms with van der Waals surface area (Å²) in [4.78, 5) is 16.5. The molecule has 1 amide bonds. The van der Waals surface area contributed by atoms with Crippen LogP contribution in [0.15, 0.2) is 36.4 Å². The molecule has 26 heavy (non-hydrogen) atoms. The molecule has 1 heterocycles. The number of amides is 1. The lowest BCUT2D eigenvalue weighted by molar-refractivity contribution is 0.0926. The molecule has 0 bridgehead atoms. The number of nitrogens with one attached hydrogen (secondary N) is 2. The van der Waals surface area contributed by atoms with Crippen LogP contribution in [0.4, 0.5) is 10.2 Å². The number of carbonyl (C=O) groups is 1. The van der Waals surface area contributed by atoms with Gasteiger partial charge in [0.15, 0.2) is 0 Å². The van der Waals surface area contributed by atoms with Crippen molar-refractivity contribution in [2.45, 2.75) is 37.8 Å². The molecule has 0 spiro atoms. The van der Waals surface area contributed by atoms with Crippen LogP contribution < -0.4 is 10.6 Å². The van der Waals surface area contributed by atoms with E-state index in [1.165, 1.54) is 18.2 Å². The van der Waals surface area contributed by atoms with Crippen molar-refractivity contribution in [3.05, 3.63) is 58.0 Å². The Morgan fingerprint density at radius 1 is 1.08 bits per heavy atom. The highest BCUT2D eigenvalue weighted by Crippen LogP contribution is 2.23. The molecule has 0 aliphatic heterocycles. The Morgan fingerprint density at radius 3 is 2.42 bits per heavy atom. The van der Waals surface area contributed by atoms with E-state index in [2.05, 4.69) is 15.6 Å². The maximum Gasteiger partial charge on any atom is 0.251 e. The summed E-state index contributed by atoms with van der Waals surface area (Å²) in [7, 11) is 0. The number of aromatic nitrogens is 1. The smallest absolute Gasteiger partial charge is 0.251 e. The van der Waals surface area contributed by atoms with Gasteiger partial charge in [-0.05, 0) is 56.0 Å². The standard InChI is InChI=1S/C18H18Cl2FN3O.ClH/c19-14-10-11(4-9-15(14)21)18(25)23-13-7-5-12(6-8-13)22-17-3-1-2-16(20)24-17;/h1-4,9-10,12-13H,5-8H2,(H,22,24)(H,23,25);1H. The number of nitrogens with zero attached hydrogens (tertiary/aromatic N) is 1. The van der Waals surface area contributed by atoms with Crippen LogP contribution in [0, 0.1) is 5.82 Å². The summed E-state index contributed by atoms with van der Waals surface area (Å²) in [6.07, 6.45) is 3.56. The second-order valence-electron chi connectivity index (χ2n) is 6.14. The first-order valence-corrected chi connectivity index (χ1v) is 8.92. The van der Waals surface area contributed by atoms with Crippen molar-refractivity contribution in [2.75, 3.05) is 5.32 Å². The van der Waals surface area contributed by atoms with E-state index in [0.29, 0.717) is 16.8 Å². The zero-order chi connectivity index (χ0) is 17.8. The third-order valence-corrected chi connectivity index (χ3v) is 4.81. The van der Waals surface area contributed by atoms with Gasteiger partial charge < -0.3 is 10.6 Å². The van der Waals surface area contributed by atoms with E-state index in [1.54, 1.807) is 6.07 Å². The number of hydrogen-bond donors (Lipinski definition) is 2. The van der Waals surface area contributed by atoms with Crippen molar-refractivity contribution >= 4 is 47.3 Å². The lowest BCUT2D eigenvalue weighted by Crippen LogP contribution is -2.40. The summed E-state index contributed by atoms with van der Waals surface area (Å²) >= 11 is 11.6. The molecule has 2 aromatic rings. The van der Waals surface area contributed by atoms with E-state index in [-0.39, 0.29) is 29.4 Å². The third kappa shape index (κ3) is 5.47. The lowest BCUT2D eigenvalue weighted by Gasteiger charge is -2.30. The molecule has 8 heteroatoms. The molecule has 2 N–H and O–H groups in total. The number of hydrogen-bond acceptors (Lipinski definition) is 3. The number of benzene rings is 1. The fourth-order valence-corrected chi connectivity index (χ4v) is 3.33. The van der Waals surface area contributed by atoms with Gasteiger partial charge in [0.1, 0.15) is 16.8 Å². The van der Waals surface area contributed by atoms with E-state index < -0.39 is 5.82 Å². The zero-order valence-corrected chi connectivity index (χ0v) is 16.2. The second-order valence-corrected chi connectivity index (χ2v) is 6.94. The second kappa shape index (κ2) is 9.40. The molecule has 3 rings (SSSR count). The van der Waals surface area contributed by atoms with Crippen molar-refractivity contribution in [3.8, 4) is 0 Å². The third-order valence-electron chi connectivity index (χ3n) is 4.31. The van der Waals surface area contributed by atoms with E-state index in [9.17, 15) is 9.18 Å². The summed E-state index contributed by atoms with van der Waals surface area (Å²) < 4.78 is 13.2. The van der Waals surface area contributed by atoms with Gasteiger partial charge in [-0.1, -0.05) is 29.3 Å². The SMILES string of the molecule is Cl.O=C(NC1CCC(Nc2cccc(Cl)n2)CC1)c1ccc(F)c(Cl)c1. The highest BCUT2D eigenvalue weighted by atomic mass is 35.5. The average molecular weight is 419 g/mol. The Balaban J connectivity index is 0.00000243. The maximum atomic E-state index is 13.2. The van der Waals surface area contributed by atoms with Gasteiger partial charge >= 0.3 is 0 Å². The molecular weight excluding hydrogens is 400 g/mol. The first kappa shape index (κ1) is 20.7. The highest BCUT2D eigenvalue weighted by molar-refractivity contribution is 6.31. The van der Waals surface area contributed by atoms with Crippen LogP contribution in [0.25, 0.3) is 0 Å². The molecule has 0 atom stereocenters. The van der Waals surface area contributed by atoms with Crippen LogP contribution in [0.3, 0.4) is 0 Å². The minimum absolute atomic E-state index is 0. The summed E-state index contributed by atoms with van der Waals surface area (Å²) in [5, 5.41) is 6.78. The van der Waals surface area contributed by atoms with Crippen LogP contribution in [0.5, 0.6) is 0 Å². The largest absolute Gasteiger partial charge is 0.367 e. The Kier molecular flexibility index (Phi) is 7.50. The molecule has 140 valence electrons. The first-order chi connectivity index (χ1) is 12.0. The quantitative estimate of drug-likeness (QED) is 0.679. The number of carbonyl (C=O) groups excluding carboxylic acids is 1. The summed E-state index contributed by atoms with van der Waals surface area (Å²) in [6, 6.07) is 9.88. The normalized spacial score (nSPS) is 19.3. The van der Waals surface area contributed by atoms with E-state index in [0.717, 1.165) is 31.5 Å². The van der Waals surface area contributed by atoms with Gasteiger partial charge in [-0.3, -0.25) is 4.79 Å². The summed E-state index contributed by atoms with van der Waals surface area (Å²) in [5.41, 5.74) is 0.370. The maximum absolute atomic E-state index is 13.2. The molecular formula is C18H19Cl3FN3O. The van der Waals surface area contributed by atoms with Gasteiger partial charge in [0.05, 0.1) is 5.02 Å². The van der Waals surface area contributed by atoms with Crippen LogP contribution in [0.1, 0.15) is 36.0 Å². The number of halogens is 4. The molecule has 1 fully saturated rings. The Bertz CT molecular complexity index is 767. The summed E-state index contributed by atoms with van der Waals surface area (Å²) in [5.74, 6) is 0.00943. The molecule has 1 aliphatic carbocycles. The fraction of sp³-hybridized carbons (Fsp3) is 0.333. The van der Waals surface area contributed by atoms with Gasteiger partial charge in [0.2, 0.25) is 0 Å². The number of anilines is 1. The molecule has 0 radical (unpaired) electrons. The molecule has 0 unspecified atom stereocenters. The highest BCUT2D eigenvalue weighted by Gasteiger charge is 2.23. The zero-order valence-electron chi connectivity index (χ0n) is 13.8. The topological polar surface area (TPSA) is 54.0 Å². The lowest BCUT2D eigenvalue weighted by atomic mass is 9.91. The molecule has 4 nitrogen and oxygen atoms in total. The van der Waals surface area contributed by atoms with Gasteiger partial charge in [0.25, 0.3) is 5.91 Å². The predicted octanol–water partition coefficient (Wildman–Crippen LogP) is 5.10. The molecule has 0 saturated heterocycles. The van der Waals surface area contributed by atoms with Crippen molar-refractivity contribution in [1.29, 1.82) is 0 Å². The average Bonchev–Trinajstić information content (AvgIpc) is 2.59. The van der Waals surface area contributed by atoms with Crippen molar-refractivity contribution in [1.82, 2.24) is 10.3 Å². The molecule has 1 aliphatic rings. The van der Waals surface area contributed by atoms with Gasteiger partial charge in [-0.25, -0.2) is 9.37 Å². The Labute approximate surface area is 167 Å². The van der Waals surface area contributed by atoms with Crippen molar-refractivity contribution in [2.24, 2.45) is 0 Å². The fourth-order valence-electron chi connectivity index (χ4n) is 2.99. The summed E-state index contributed by atoms with van der Waals surface area (Å²) in [6.45, 7) is 0. The van der Waals surface area contributed by atoms with Gasteiger partial charge in [-0.2, -0.15) is 0 Å². The minimum Gasteiger partial charge on any atom is -0.367 e. The van der Waals surface area contributed by atoms with Gasteiger partial charge in [-0.15, -0.1) is 12.4 Å². The monoisotopic (exact) mass is 417 g/mol. The number of rotatable bonds is 4. The first-order valence-electron chi connectivity index (χ1n) is 8.16. The molecule has 1 aromatic carbocycles. The Hall–Kier alpha value is -1.56. The van der Waals surface area contributed by atoms with Crippen LogP contribution in [0.2, 0.25) is 10.2 Å². The van der Waals surface area contributed by atoms with Gasteiger partial charge in [0, 0.05) is 17.6 Å². The van der Waals surface area contributed by atoms with Crippen molar-refractivity contribution < 1.29 is 9.18 Å². The van der Waals surface area contributed by atoms with Crippen LogP contribution >= 0.6 is 35.6 Å². The number of pyridine rings is 1. The van der Waals surface area contributed by atoms with Crippen LogP contribution in [-0.2, 0) is 0 Å². The van der Waals surface area contributed by atoms with E-state index >= 15 is 0 Å². The van der Waals surface area contributed by atoms with E-state index in [1.807, 2.05) is 12.1 Å². The molecule has 1 saturated carbocycles. The molecule has 1 aromatic heterocycles. The predicted molar refractivity (Wildman–Crippen MR) is 105 cm³/mol. The van der Waals surface area contributed by atoms with Crippen molar-refractivity contribution in [3.63, 3.8) is 0 Å². The van der Waals surface area contributed by atoms with E-state index in [4.69, 9.17) is 23.2 Å². The minimum atomic E-state index is -0.528.